The molecule has 0 saturated heterocycles. The SMILES string of the molecule is CCOP(=O)(CC(=O)Nc1c(C(=O)c2cccc(C#N)c2)n(C(=O)O)c2ccc(Cl)cc12)OCC. The number of carbonyl (C=O) groups is 3. The highest BCUT2D eigenvalue weighted by Gasteiger charge is 2.32. The van der Waals surface area contributed by atoms with E-state index in [0.717, 1.165) is 4.57 Å². The number of hydrogen-bond acceptors (Lipinski definition) is 7. The molecular weight excluding hydrogens is 497 g/mol. The fraction of sp³-hybridized carbons (Fsp3) is 0.217. The molecule has 3 rings (SSSR count). The number of amides is 1. The second-order valence-electron chi connectivity index (χ2n) is 7.18. The van der Waals surface area contributed by atoms with Gasteiger partial charge in [-0.2, -0.15) is 5.26 Å². The normalized spacial score (nSPS) is 11.3. The first-order valence-electron chi connectivity index (χ1n) is 10.4. The quantitative estimate of drug-likeness (QED) is 0.293. The van der Waals surface area contributed by atoms with E-state index in [-0.39, 0.29) is 51.6 Å². The number of nitrogens with one attached hydrogen (secondary N) is 1. The first kappa shape index (κ1) is 26.1. The Balaban J connectivity index is 2.19. The van der Waals surface area contributed by atoms with Gasteiger partial charge in [-0.1, -0.05) is 23.7 Å². The van der Waals surface area contributed by atoms with Crippen LogP contribution in [-0.4, -0.2) is 46.8 Å². The molecule has 10 nitrogen and oxygen atoms in total. The number of carboxylic acid groups (broad SMARTS) is 1. The maximum absolute atomic E-state index is 13.5. The van der Waals surface area contributed by atoms with Crippen molar-refractivity contribution in [1.82, 2.24) is 4.57 Å². The molecule has 1 aromatic heterocycles. The summed E-state index contributed by atoms with van der Waals surface area (Å²) in [5.41, 5.74) is -0.195. The summed E-state index contributed by atoms with van der Waals surface area (Å²) in [7, 11) is -3.78. The summed E-state index contributed by atoms with van der Waals surface area (Å²) in [5, 5.41) is 22.0. The van der Waals surface area contributed by atoms with Crippen molar-refractivity contribution in [3.8, 4) is 6.07 Å². The van der Waals surface area contributed by atoms with Gasteiger partial charge in [-0.05, 0) is 44.2 Å². The average Bonchev–Trinajstić information content (AvgIpc) is 3.12. The zero-order valence-corrected chi connectivity index (χ0v) is 20.4. The number of fused-ring (bicyclic) bond motifs is 1. The van der Waals surface area contributed by atoms with E-state index < -0.39 is 31.5 Å². The largest absolute Gasteiger partial charge is 0.464 e. The van der Waals surface area contributed by atoms with Crippen LogP contribution in [0.4, 0.5) is 10.5 Å². The van der Waals surface area contributed by atoms with Crippen molar-refractivity contribution in [2.24, 2.45) is 0 Å². The Hall–Kier alpha value is -3.48. The van der Waals surface area contributed by atoms with Gasteiger partial charge in [0.15, 0.2) is 0 Å². The van der Waals surface area contributed by atoms with E-state index in [4.69, 9.17) is 20.6 Å². The molecule has 0 aliphatic carbocycles. The lowest BCUT2D eigenvalue weighted by atomic mass is 10.0. The summed E-state index contributed by atoms with van der Waals surface area (Å²) in [4.78, 5) is 38.6. The molecule has 12 heteroatoms. The first-order valence-corrected chi connectivity index (χ1v) is 12.5. The fourth-order valence-corrected chi connectivity index (χ4v) is 5.19. The molecule has 0 aliphatic heterocycles. The molecule has 2 N–H and O–H groups in total. The first-order chi connectivity index (χ1) is 16.6. The van der Waals surface area contributed by atoms with Crippen LogP contribution in [0.2, 0.25) is 5.02 Å². The minimum absolute atomic E-state index is 0.0326. The number of hydrogen-bond donors (Lipinski definition) is 2. The van der Waals surface area contributed by atoms with Crippen molar-refractivity contribution in [2.45, 2.75) is 13.8 Å². The molecule has 0 spiro atoms. The van der Waals surface area contributed by atoms with Crippen molar-refractivity contribution in [3.05, 3.63) is 64.3 Å². The molecular formula is C23H21ClN3O7P. The Morgan fingerprint density at radius 3 is 2.43 bits per heavy atom. The van der Waals surface area contributed by atoms with Crippen molar-refractivity contribution in [1.29, 1.82) is 5.26 Å². The Bertz CT molecular complexity index is 1400. The molecule has 0 bridgehead atoms. The molecule has 0 atom stereocenters. The number of aromatic nitrogens is 1. The van der Waals surface area contributed by atoms with Gasteiger partial charge in [0.25, 0.3) is 0 Å². The third-order valence-corrected chi connectivity index (χ3v) is 7.06. The van der Waals surface area contributed by atoms with Crippen LogP contribution in [-0.2, 0) is 18.4 Å². The molecule has 0 saturated carbocycles. The molecule has 35 heavy (non-hydrogen) atoms. The predicted octanol–water partition coefficient (Wildman–Crippen LogP) is 5.13. The zero-order valence-electron chi connectivity index (χ0n) is 18.8. The van der Waals surface area contributed by atoms with Gasteiger partial charge in [0.05, 0.1) is 36.1 Å². The van der Waals surface area contributed by atoms with Gasteiger partial charge in [0, 0.05) is 16.0 Å². The number of rotatable bonds is 9. The van der Waals surface area contributed by atoms with Crippen molar-refractivity contribution < 1.29 is 33.1 Å². The molecule has 2 aromatic carbocycles. The van der Waals surface area contributed by atoms with Crippen LogP contribution in [0.1, 0.15) is 35.5 Å². The molecule has 0 fully saturated rings. The summed E-state index contributed by atoms with van der Waals surface area (Å²) in [6.45, 7) is 3.27. The van der Waals surface area contributed by atoms with Crippen molar-refractivity contribution in [3.63, 3.8) is 0 Å². The molecule has 3 aromatic rings. The third-order valence-electron chi connectivity index (χ3n) is 4.84. The monoisotopic (exact) mass is 517 g/mol. The molecule has 182 valence electrons. The van der Waals surface area contributed by atoms with Gasteiger partial charge in [0.1, 0.15) is 11.9 Å². The number of carbonyl (C=O) groups excluding carboxylic acids is 2. The topological polar surface area (TPSA) is 148 Å². The van der Waals surface area contributed by atoms with Gasteiger partial charge in [-0.3, -0.25) is 14.2 Å². The maximum Gasteiger partial charge on any atom is 0.416 e. The van der Waals surface area contributed by atoms with Gasteiger partial charge in [-0.25, -0.2) is 9.36 Å². The number of anilines is 1. The molecule has 0 radical (unpaired) electrons. The van der Waals surface area contributed by atoms with Crippen molar-refractivity contribution in [2.75, 3.05) is 24.7 Å². The molecule has 0 unspecified atom stereocenters. The van der Waals surface area contributed by atoms with Gasteiger partial charge in [0.2, 0.25) is 11.7 Å². The van der Waals surface area contributed by atoms with Gasteiger partial charge in [-0.15, -0.1) is 0 Å². The molecule has 1 heterocycles. The number of halogens is 1. The van der Waals surface area contributed by atoms with Gasteiger partial charge < -0.3 is 19.5 Å². The summed E-state index contributed by atoms with van der Waals surface area (Å²) in [6.07, 6.45) is -2.14. The minimum atomic E-state index is -3.78. The lowest BCUT2D eigenvalue weighted by Crippen LogP contribution is -2.22. The Morgan fingerprint density at radius 2 is 1.83 bits per heavy atom. The summed E-state index contributed by atoms with van der Waals surface area (Å²) in [5.74, 6) is -1.58. The van der Waals surface area contributed by atoms with Gasteiger partial charge >= 0.3 is 13.7 Å². The van der Waals surface area contributed by atoms with E-state index in [0.29, 0.717) is 0 Å². The Kier molecular flexibility index (Phi) is 8.10. The van der Waals surface area contributed by atoms with E-state index in [1.807, 2.05) is 6.07 Å². The standard InChI is InChI=1S/C23H21ClN3O7P/c1-3-33-35(32,34-4-2)13-19(28)26-20-17-11-16(24)8-9-18(17)27(23(30)31)21(20)22(29)15-7-5-6-14(10-15)12-25/h5-11H,3-4,13H2,1-2H3,(H,26,28)(H,30,31). The lowest BCUT2D eigenvalue weighted by molar-refractivity contribution is -0.114. The van der Waals surface area contributed by atoms with E-state index in [1.54, 1.807) is 13.8 Å². The lowest BCUT2D eigenvalue weighted by Gasteiger charge is -2.17. The number of nitriles is 1. The average molecular weight is 518 g/mol. The fourth-order valence-electron chi connectivity index (χ4n) is 3.55. The highest BCUT2D eigenvalue weighted by molar-refractivity contribution is 7.54. The number of nitrogens with zero attached hydrogens (tertiary/aromatic N) is 2. The minimum Gasteiger partial charge on any atom is -0.464 e. The second-order valence-corrected chi connectivity index (χ2v) is 9.67. The van der Waals surface area contributed by atoms with E-state index in [2.05, 4.69) is 5.32 Å². The van der Waals surface area contributed by atoms with Crippen LogP contribution < -0.4 is 5.32 Å². The zero-order chi connectivity index (χ0) is 25.8. The Morgan fingerprint density at radius 1 is 1.14 bits per heavy atom. The van der Waals surface area contributed by atoms with Crippen LogP contribution in [0.15, 0.2) is 42.5 Å². The highest BCUT2D eigenvalue weighted by Crippen LogP contribution is 2.48. The second kappa shape index (κ2) is 10.8. The Labute approximate surface area is 205 Å². The number of benzene rings is 2. The highest BCUT2D eigenvalue weighted by atomic mass is 35.5. The van der Waals surface area contributed by atoms with Crippen LogP contribution in [0.3, 0.4) is 0 Å². The summed E-state index contributed by atoms with van der Waals surface area (Å²) >= 11 is 6.12. The van der Waals surface area contributed by atoms with Crippen LogP contribution in [0, 0.1) is 11.3 Å². The summed E-state index contributed by atoms with van der Waals surface area (Å²) in [6, 6.07) is 11.9. The smallest absolute Gasteiger partial charge is 0.416 e. The van der Waals surface area contributed by atoms with E-state index in [1.165, 1.54) is 42.5 Å². The molecule has 1 amide bonds. The van der Waals surface area contributed by atoms with Crippen LogP contribution in [0.5, 0.6) is 0 Å². The van der Waals surface area contributed by atoms with Crippen LogP contribution >= 0.6 is 19.2 Å². The maximum atomic E-state index is 13.5. The number of ketones is 1. The third kappa shape index (κ3) is 5.61. The van der Waals surface area contributed by atoms with E-state index in [9.17, 15) is 29.3 Å². The van der Waals surface area contributed by atoms with Crippen LogP contribution in [0.25, 0.3) is 10.9 Å². The predicted molar refractivity (Wildman–Crippen MR) is 129 cm³/mol. The van der Waals surface area contributed by atoms with E-state index >= 15 is 0 Å². The molecule has 0 aliphatic rings. The van der Waals surface area contributed by atoms with Crippen molar-refractivity contribution >= 4 is 53.6 Å². The summed E-state index contributed by atoms with van der Waals surface area (Å²) < 4.78 is 23.9.